The van der Waals surface area contributed by atoms with Crippen LogP contribution in [0.5, 0.6) is 11.5 Å². The van der Waals surface area contributed by atoms with Crippen molar-refractivity contribution in [2.45, 2.75) is 38.0 Å². The molecule has 0 aliphatic carbocycles. The van der Waals surface area contributed by atoms with E-state index in [-0.39, 0.29) is 35.8 Å². The zero-order valence-electron chi connectivity index (χ0n) is 17.5. The molecule has 2 aliphatic rings. The fourth-order valence-electron chi connectivity index (χ4n) is 3.71. The second kappa shape index (κ2) is 10.2. The Morgan fingerprint density at radius 1 is 1.13 bits per heavy atom. The third-order valence-electron chi connectivity index (χ3n) is 5.40. The van der Waals surface area contributed by atoms with Crippen molar-refractivity contribution in [2.24, 2.45) is 0 Å². The molecule has 2 fully saturated rings. The number of aryl methyl sites for hydroxylation is 1. The number of methoxy groups -OCH3 is 1. The normalized spacial score (nSPS) is 19.4. The van der Waals surface area contributed by atoms with Crippen LogP contribution in [0.3, 0.4) is 0 Å². The number of halogens is 3. The molecule has 0 saturated carbocycles. The first-order chi connectivity index (χ1) is 14.8. The SMILES string of the molecule is COc1cc(CCC(=O)N2CCN(C(=O)C3CCCO3)CC2)ccc1OCC(F)(F)F. The van der Waals surface area contributed by atoms with Crippen LogP contribution >= 0.6 is 0 Å². The maximum absolute atomic E-state index is 12.6. The lowest BCUT2D eigenvalue weighted by atomic mass is 10.1. The largest absolute Gasteiger partial charge is 0.493 e. The maximum atomic E-state index is 12.6. The zero-order chi connectivity index (χ0) is 22.4. The van der Waals surface area contributed by atoms with Crippen molar-refractivity contribution < 1.29 is 37.0 Å². The van der Waals surface area contributed by atoms with Crippen molar-refractivity contribution in [3.63, 3.8) is 0 Å². The van der Waals surface area contributed by atoms with Crippen LogP contribution in [0.4, 0.5) is 13.2 Å². The Bertz CT molecular complexity index is 773. The van der Waals surface area contributed by atoms with Gasteiger partial charge in [-0.3, -0.25) is 9.59 Å². The lowest BCUT2D eigenvalue weighted by Gasteiger charge is -2.35. The number of ether oxygens (including phenoxy) is 3. The molecule has 1 aromatic rings. The minimum atomic E-state index is -4.44. The summed E-state index contributed by atoms with van der Waals surface area (Å²) in [6, 6.07) is 4.62. The van der Waals surface area contributed by atoms with Crippen LogP contribution in [0.2, 0.25) is 0 Å². The number of nitrogens with zero attached hydrogens (tertiary/aromatic N) is 2. The molecular formula is C21H27F3N2O5. The first-order valence-corrected chi connectivity index (χ1v) is 10.3. The van der Waals surface area contributed by atoms with E-state index in [0.717, 1.165) is 18.4 Å². The second-order valence-corrected chi connectivity index (χ2v) is 7.60. The molecule has 0 bridgehead atoms. The van der Waals surface area contributed by atoms with E-state index in [4.69, 9.17) is 14.2 Å². The first-order valence-electron chi connectivity index (χ1n) is 10.3. The highest BCUT2D eigenvalue weighted by molar-refractivity contribution is 5.82. The topological polar surface area (TPSA) is 68.3 Å². The summed E-state index contributed by atoms with van der Waals surface area (Å²) >= 11 is 0. The Hall–Kier alpha value is -2.49. The van der Waals surface area contributed by atoms with E-state index in [1.807, 2.05) is 0 Å². The highest BCUT2D eigenvalue weighted by Crippen LogP contribution is 2.30. The van der Waals surface area contributed by atoms with Crippen LogP contribution in [-0.4, -0.2) is 80.4 Å². The number of hydrogen-bond acceptors (Lipinski definition) is 5. The van der Waals surface area contributed by atoms with Gasteiger partial charge in [-0.05, 0) is 37.0 Å². The molecule has 0 radical (unpaired) electrons. The maximum Gasteiger partial charge on any atom is 0.422 e. The van der Waals surface area contributed by atoms with Crippen molar-refractivity contribution in [1.82, 2.24) is 9.80 Å². The van der Waals surface area contributed by atoms with Gasteiger partial charge in [0.2, 0.25) is 5.91 Å². The Kier molecular flexibility index (Phi) is 7.64. The van der Waals surface area contributed by atoms with Gasteiger partial charge in [0.05, 0.1) is 7.11 Å². The number of piperazine rings is 1. The lowest BCUT2D eigenvalue weighted by Crippen LogP contribution is -2.52. The zero-order valence-corrected chi connectivity index (χ0v) is 17.5. The summed E-state index contributed by atoms with van der Waals surface area (Å²) in [4.78, 5) is 28.4. The van der Waals surface area contributed by atoms with Gasteiger partial charge in [0.25, 0.3) is 5.91 Å². The van der Waals surface area contributed by atoms with Gasteiger partial charge in [-0.25, -0.2) is 0 Å². The average molecular weight is 444 g/mol. The summed E-state index contributed by atoms with van der Waals surface area (Å²) in [6.07, 6.45) is -2.46. The van der Waals surface area contributed by atoms with Crippen LogP contribution in [0.15, 0.2) is 18.2 Å². The molecule has 0 spiro atoms. The molecule has 1 aromatic carbocycles. The predicted octanol–water partition coefficient (Wildman–Crippen LogP) is 2.42. The Labute approximate surface area is 179 Å². The summed E-state index contributed by atoms with van der Waals surface area (Å²) in [5.41, 5.74) is 0.761. The van der Waals surface area contributed by atoms with E-state index in [0.29, 0.717) is 39.2 Å². The molecule has 2 amide bonds. The number of amides is 2. The molecule has 3 rings (SSSR count). The molecule has 31 heavy (non-hydrogen) atoms. The van der Waals surface area contributed by atoms with E-state index >= 15 is 0 Å². The Balaban J connectivity index is 1.46. The van der Waals surface area contributed by atoms with Gasteiger partial charge in [-0.2, -0.15) is 13.2 Å². The minimum Gasteiger partial charge on any atom is -0.493 e. The van der Waals surface area contributed by atoms with Crippen molar-refractivity contribution >= 4 is 11.8 Å². The van der Waals surface area contributed by atoms with Gasteiger partial charge in [0.1, 0.15) is 6.10 Å². The second-order valence-electron chi connectivity index (χ2n) is 7.60. The number of alkyl halides is 3. The number of carbonyl (C=O) groups is 2. The van der Waals surface area contributed by atoms with Gasteiger partial charge in [0, 0.05) is 39.2 Å². The molecule has 7 nitrogen and oxygen atoms in total. The molecular weight excluding hydrogens is 417 g/mol. The van der Waals surface area contributed by atoms with Crippen molar-refractivity contribution in [3.8, 4) is 11.5 Å². The molecule has 1 unspecified atom stereocenters. The Morgan fingerprint density at radius 3 is 2.45 bits per heavy atom. The molecule has 2 aliphatic heterocycles. The van der Waals surface area contributed by atoms with Crippen LogP contribution in [0.1, 0.15) is 24.8 Å². The third kappa shape index (κ3) is 6.49. The Morgan fingerprint density at radius 2 is 1.84 bits per heavy atom. The van der Waals surface area contributed by atoms with E-state index in [1.54, 1.807) is 21.9 Å². The van der Waals surface area contributed by atoms with Gasteiger partial charge >= 0.3 is 6.18 Å². The minimum absolute atomic E-state index is 0.00179. The molecule has 2 saturated heterocycles. The summed E-state index contributed by atoms with van der Waals surface area (Å²) in [5.74, 6) is 0.169. The van der Waals surface area contributed by atoms with Crippen LogP contribution in [-0.2, 0) is 20.7 Å². The van der Waals surface area contributed by atoms with E-state index in [1.165, 1.54) is 13.2 Å². The van der Waals surface area contributed by atoms with Gasteiger partial charge in [0.15, 0.2) is 18.1 Å². The number of benzene rings is 1. The fraction of sp³-hybridized carbons (Fsp3) is 0.619. The summed E-state index contributed by atoms with van der Waals surface area (Å²) in [7, 11) is 1.35. The standard InChI is InChI=1S/C21H27F3N2O5/c1-29-18-13-15(4-6-16(18)31-14-21(22,23)24)5-7-19(27)25-8-10-26(11-9-25)20(28)17-3-2-12-30-17/h4,6,13,17H,2-3,5,7-12,14H2,1H3. The molecule has 1 atom stereocenters. The third-order valence-corrected chi connectivity index (χ3v) is 5.40. The predicted molar refractivity (Wildman–Crippen MR) is 105 cm³/mol. The molecule has 2 heterocycles. The van der Waals surface area contributed by atoms with Crippen LogP contribution < -0.4 is 9.47 Å². The van der Waals surface area contributed by atoms with E-state index < -0.39 is 12.8 Å². The number of hydrogen-bond donors (Lipinski definition) is 0. The monoisotopic (exact) mass is 444 g/mol. The van der Waals surface area contributed by atoms with Crippen molar-refractivity contribution in [3.05, 3.63) is 23.8 Å². The van der Waals surface area contributed by atoms with Gasteiger partial charge < -0.3 is 24.0 Å². The summed E-state index contributed by atoms with van der Waals surface area (Å²) in [5, 5.41) is 0. The van der Waals surface area contributed by atoms with Crippen LogP contribution in [0, 0.1) is 0 Å². The number of carbonyl (C=O) groups excluding carboxylic acids is 2. The first kappa shape index (κ1) is 23.2. The molecule has 172 valence electrons. The molecule has 0 N–H and O–H groups in total. The number of rotatable bonds is 7. The summed E-state index contributed by atoms with van der Waals surface area (Å²) < 4.78 is 52.4. The van der Waals surface area contributed by atoms with Crippen molar-refractivity contribution in [1.29, 1.82) is 0 Å². The quantitative estimate of drug-likeness (QED) is 0.646. The van der Waals surface area contributed by atoms with Crippen molar-refractivity contribution in [2.75, 3.05) is 46.5 Å². The molecule has 10 heteroatoms. The highest BCUT2D eigenvalue weighted by atomic mass is 19.4. The molecule has 0 aromatic heterocycles. The average Bonchev–Trinajstić information content (AvgIpc) is 3.30. The smallest absolute Gasteiger partial charge is 0.422 e. The van der Waals surface area contributed by atoms with Gasteiger partial charge in [-0.15, -0.1) is 0 Å². The lowest BCUT2D eigenvalue weighted by molar-refractivity contribution is -0.153. The van der Waals surface area contributed by atoms with E-state index in [2.05, 4.69) is 0 Å². The van der Waals surface area contributed by atoms with E-state index in [9.17, 15) is 22.8 Å². The van der Waals surface area contributed by atoms with Crippen LogP contribution in [0.25, 0.3) is 0 Å². The highest BCUT2D eigenvalue weighted by Gasteiger charge is 2.31. The van der Waals surface area contributed by atoms with Gasteiger partial charge in [-0.1, -0.05) is 6.07 Å². The fourth-order valence-corrected chi connectivity index (χ4v) is 3.71. The summed E-state index contributed by atoms with van der Waals surface area (Å²) in [6.45, 7) is 1.15.